The molecule has 142 valence electrons. The Bertz CT molecular complexity index is 675. The topological polar surface area (TPSA) is 56.7 Å². The number of piperazine rings is 1. The third-order valence-corrected chi connectivity index (χ3v) is 4.54. The molecule has 1 saturated heterocycles. The molecule has 1 unspecified atom stereocenters. The molecule has 2 heterocycles. The first kappa shape index (κ1) is 22.1. The van der Waals surface area contributed by atoms with Crippen LogP contribution in [0.15, 0.2) is 48.7 Å². The van der Waals surface area contributed by atoms with Crippen LogP contribution in [0.1, 0.15) is 24.8 Å². The SMILES string of the molecule is CC(CC(=O)N1CCN(c2ccc(O)cn2)CC1)c1ccccc1.Cl.Cl. The van der Waals surface area contributed by atoms with E-state index in [1.807, 2.05) is 29.2 Å². The Labute approximate surface area is 166 Å². The van der Waals surface area contributed by atoms with Crippen molar-refractivity contribution >= 4 is 36.5 Å². The predicted molar refractivity (Wildman–Crippen MR) is 109 cm³/mol. The average molecular weight is 398 g/mol. The zero-order valence-electron chi connectivity index (χ0n) is 14.7. The normalized spacial score (nSPS) is 14.8. The van der Waals surface area contributed by atoms with Crippen LogP contribution < -0.4 is 4.90 Å². The number of anilines is 1. The number of hydrogen-bond donors (Lipinski definition) is 1. The van der Waals surface area contributed by atoms with E-state index in [1.165, 1.54) is 11.8 Å². The fraction of sp³-hybridized carbons (Fsp3) is 0.368. The minimum absolute atomic E-state index is 0. The van der Waals surface area contributed by atoms with Crippen molar-refractivity contribution in [2.75, 3.05) is 31.1 Å². The largest absolute Gasteiger partial charge is 0.506 e. The molecule has 1 aliphatic rings. The van der Waals surface area contributed by atoms with Crippen LogP contribution in [0.25, 0.3) is 0 Å². The van der Waals surface area contributed by atoms with Gasteiger partial charge in [0.05, 0.1) is 6.20 Å². The van der Waals surface area contributed by atoms with Crippen molar-refractivity contribution < 1.29 is 9.90 Å². The molecule has 0 spiro atoms. The van der Waals surface area contributed by atoms with Gasteiger partial charge in [-0.05, 0) is 23.6 Å². The molecule has 1 aromatic carbocycles. The Kier molecular flexibility index (Phi) is 8.69. The Morgan fingerprint density at radius 3 is 2.31 bits per heavy atom. The molecule has 7 heteroatoms. The number of carbonyl (C=O) groups excluding carboxylic acids is 1. The lowest BCUT2D eigenvalue weighted by molar-refractivity contribution is -0.131. The lowest BCUT2D eigenvalue weighted by atomic mass is 9.97. The summed E-state index contributed by atoms with van der Waals surface area (Å²) in [4.78, 5) is 20.8. The third kappa shape index (κ3) is 5.51. The summed E-state index contributed by atoms with van der Waals surface area (Å²) in [7, 11) is 0. The summed E-state index contributed by atoms with van der Waals surface area (Å²) in [6.45, 7) is 5.06. The predicted octanol–water partition coefficient (Wildman–Crippen LogP) is 3.47. The van der Waals surface area contributed by atoms with Crippen LogP contribution in [0.3, 0.4) is 0 Å². The summed E-state index contributed by atoms with van der Waals surface area (Å²) in [5, 5.41) is 9.31. The average Bonchev–Trinajstić information content (AvgIpc) is 2.63. The zero-order chi connectivity index (χ0) is 16.9. The minimum atomic E-state index is 0. The number of nitrogens with zero attached hydrogens (tertiary/aromatic N) is 3. The molecule has 2 aromatic rings. The fourth-order valence-electron chi connectivity index (χ4n) is 3.04. The Hall–Kier alpha value is -1.98. The summed E-state index contributed by atoms with van der Waals surface area (Å²) in [6.07, 6.45) is 2.00. The van der Waals surface area contributed by atoms with Gasteiger partial charge in [-0.15, -0.1) is 24.8 Å². The number of halogens is 2. The first-order valence-corrected chi connectivity index (χ1v) is 8.36. The van der Waals surface area contributed by atoms with Crippen molar-refractivity contribution in [3.63, 3.8) is 0 Å². The van der Waals surface area contributed by atoms with Gasteiger partial charge in [0.25, 0.3) is 0 Å². The first-order valence-electron chi connectivity index (χ1n) is 8.36. The van der Waals surface area contributed by atoms with Gasteiger partial charge in [0.15, 0.2) is 0 Å². The highest BCUT2D eigenvalue weighted by Crippen LogP contribution is 2.21. The number of rotatable bonds is 4. The maximum Gasteiger partial charge on any atom is 0.223 e. The standard InChI is InChI=1S/C19H23N3O2.2ClH/c1-15(16-5-3-2-4-6-16)13-19(24)22-11-9-21(10-12-22)18-8-7-17(23)14-20-18;;/h2-8,14-15,23H,9-13H2,1H3;2*1H. The van der Waals surface area contributed by atoms with Gasteiger partial charge >= 0.3 is 0 Å². The first-order chi connectivity index (χ1) is 11.6. The Morgan fingerprint density at radius 2 is 1.73 bits per heavy atom. The molecule has 1 amide bonds. The second kappa shape index (κ2) is 10.2. The van der Waals surface area contributed by atoms with Crippen molar-refractivity contribution in [1.82, 2.24) is 9.88 Å². The van der Waals surface area contributed by atoms with E-state index < -0.39 is 0 Å². The maximum absolute atomic E-state index is 12.5. The molecule has 0 aliphatic carbocycles. The molecule has 1 N–H and O–H groups in total. The van der Waals surface area contributed by atoms with Gasteiger partial charge in [-0.3, -0.25) is 4.79 Å². The fourth-order valence-corrected chi connectivity index (χ4v) is 3.04. The molecule has 26 heavy (non-hydrogen) atoms. The summed E-state index contributed by atoms with van der Waals surface area (Å²) in [5.41, 5.74) is 1.21. The van der Waals surface area contributed by atoms with Crippen LogP contribution in [0.5, 0.6) is 5.75 Å². The molecule has 1 fully saturated rings. The van der Waals surface area contributed by atoms with Gasteiger partial charge in [0.2, 0.25) is 5.91 Å². The van der Waals surface area contributed by atoms with E-state index in [0.717, 1.165) is 18.9 Å². The Balaban J connectivity index is 0.00000169. The zero-order valence-corrected chi connectivity index (χ0v) is 16.4. The highest BCUT2D eigenvalue weighted by atomic mass is 35.5. The molecule has 0 radical (unpaired) electrons. The molecule has 1 aliphatic heterocycles. The smallest absolute Gasteiger partial charge is 0.223 e. The number of aromatic nitrogens is 1. The molecule has 0 saturated carbocycles. The van der Waals surface area contributed by atoms with E-state index in [0.29, 0.717) is 19.5 Å². The quantitative estimate of drug-likeness (QED) is 0.857. The van der Waals surface area contributed by atoms with Gasteiger partial charge in [0, 0.05) is 32.6 Å². The number of pyridine rings is 1. The van der Waals surface area contributed by atoms with Gasteiger partial charge in [-0.1, -0.05) is 37.3 Å². The number of aromatic hydroxyl groups is 1. The molecule has 0 bridgehead atoms. The van der Waals surface area contributed by atoms with Crippen LogP contribution in [0.4, 0.5) is 5.82 Å². The van der Waals surface area contributed by atoms with E-state index in [4.69, 9.17) is 0 Å². The number of carbonyl (C=O) groups is 1. The summed E-state index contributed by atoms with van der Waals surface area (Å²) in [5.74, 6) is 1.46. The third-order valence-electron chi connectivity index (χ3n) is 4.54. The molecular weight excluding hydrogens is 373 g/mol. The van der Waals surface area contributed by atoms with E-state index in [2.05, 4.69) is 28.9 Å². The lowest BCUT2D eigenvalue weighted by Gasteiger charge is -2.35. The molecule has 1 atom stereocenters. The van der Waals surface area contributed by atoms with Crippen LogP contribution in [0, 0.1) is 0 Å². The highest BCUT2D eigenvalue weighted by molar-refractivity contribution is 5.85. The molecular formula is C19H25Cl2N3O2. The van der Waals surface area contributed by atoms with E-state index >= 15 is 0 Å². The van der Waals surface area contributed by atoms with Crippen LogP contribution in [0.2, 0.25) is 0 Å². The van der Waals surface area contributed by atoms with Gasteiger partial charge in [-0.25, -0.2) is 4.98 Å². The van der Waals surface area contributed by atoms with Crippen molar-refractivity contribution in [3.05, 3.63) is 54.2 Å². The highest BCUT2D eigenvalue weighted by Gasteiger charge is 2.23. The van der Waals surface area contributed by atoms with Gasteiger partial charge in [-0.2, -0.15) is 0 Å². The number of hydrogen-bond acceptors (Lipinski definition) is 4. The maximum atomic E-state index is 12.5. The van der Waals surface area contributed by atoms with E-state index in [1.54, 1.807) is 6.07 Å². The van der Waals surface area contributed by atoms with Crippen molar-refractivity contribution in [2.45, 2.75) is 19.3 Å². The second-order valence-electron chi connectivity index (χ2n) is 6.26. The molecule has 5 nitrogen and oxygen atoms in total. The van der Waals surface area contributed by atoms with Crippen LogP contribution in [-0.2, 0) is 4.79 Å². The van der Waals surface area contributed by atoms with Crippen molar-refractivity contribution in [2.24, 2.45) is 0 Å². The number of benzene rings is 1. The van der Waals surface area contributed by atoms with Crippen molar-refractivity contribution in [3.8, 4) is 5.75 Å². The molecule has 3 rings (SSSR count). The monoisotopic (exact) mass is 397 g/mol. The van der Waals surface area contributed by atoms with Gasteiger partial charge in [0.1, 0.15) is 11.6 Å². The van der Waals surface area contributed by atoms with E-state index in [9.17, 15) is 9.90 Å². The molecule has 1 aromatic heterocycles. The summed E-state index contributed by atoms with van der Waals surface area (Å²) < 4.78 is 0. The lowest BCUT2D eigenvalue weighted by Crippen LogP contribution is -2.49. The second-order valence-corrected chi connectivity index (χ2v) is 6.26. The summed E-state index contributed by atoms with van der Waals surface area (Å²) >= 11 is 0. The van der Waals surface area contributed by atoms with Crippen LogP contribution >= 0.6 is 24.8 Å². The van der Waals surface area contributed by atoms with E-state index in [-0.39, 0.29) is 42.4 Å². The van der Waals surface area contributed by atoms with Gasteiger partial charge < -0.3 is 14.9 Å². The minimum Gasteiger partial charge on any atom is -0.506 e. The van der Waals surface area contributed by atoms with Crippen LogP contribution in [-0.4, -0.2) is 47.1 Å². The Morgan fingerprint density at radius 1 is 1.08 bits per heavy atom. The number of amides is 1. The van der Waals surface area contributed by atoms with Crippen molar-refractivity contribution in [1.29, 1.82) is 0 Å². The summed E-state index contributed by atoms with van der Waals surface area (Å²) in [6, 6.07) is 13.6.